The number of hydrogen-bond donors (Lipinski definition) is 0. The smallest absolute Gasteiger partial charge is 0.181 e. The largest absolute Gasteiger partial charge is 0.380 e. The van der Waals surface area contributed by atoms with Gasteiger partial charge in [0, 0.05) is 51.9 Å². The second-order valence-corrected chi connectivity index (χ2v) is 12.7. The minimum absolute atomic E-state index is 0.299. The molecule has 0 bridgehead atoms. The fourth-order valence-electron chi connectivity index (χ4n) is 5.08. The van der Waals surface area contributed by atoms with E-state index in [9.17, 15) is 9.47 Å². The van der Waals surface area contributed by atoms with E-state index in [0.29, 0.717) is 37.9 Å². The molecule has 1 spiro atoms. The van der Waals surface area contributed by atoms with Crippen molar-refractivity contribution in [2.45, 2.75) is 48.3 Å². The quantitative estimate of drug-likeness (QED) is 0.490. The molecule has 9 heteroatoms. The molecule has 170 valence electrons. The van der Waals surface area contributed by atoms with Crippen molar-refractivity contribution in [1.82, 2.24) is 19.7 Å². The van der Waals surface area contributed by atoms with E-state index in [4.69, 9.17) is 9.72 Å². The summed E-state index contributed by atoms with van der Waals surface area (Å²) in [5.74, 6) is 0.330. The maximum atomic E-state index is 12.7. The van der Waals surface area contributed by atoms with E-state index in [2.05, 4.69) is 28.3 Å². The molecule has 7 nitrogen and oxygen atoms in total. The lowest BCUT2D eigenvalue weighted by molar-refractivity contribution is -0.164. The van der Waals surface area contributed by atoms with Crippen LogP contribution in [0.1, 0.15) is 49.1 Å². The van der Waals surface area contributed by atoms with E-state index >= 15 is 0 Å². The van der Waals surface area contributed by atoms with Gasteiger partial charge in [-0.25, -0.2) is 9.97 Å². The van der Waals surface area contributed by atoms with Crippen molar-refractivity contribution in [3.63, 3.8) is 0 Å². The summed E-state index contributed by atoms with van der Waals surface area (Å²) in [7, 11) is 0.990. The minimum atomic E-state index is -0.892. The van der Waals surface area contributed by atoms with Gasteiger partial charge in [0.25, 0.3) is 0 Å². The molecule has 3 fully saturated rings. The van der Waals surface area contributed by atoms with Crippen molar-refractivity contribution >= 4 is 33.6 Å². The molecule has 1 atom stereocenters. The highest BCUT2D eigenvalue weighted by Crippen LogP contribution is 2.56. The molecule has 2 saturated carbocycles. The predicted molar refractivity (Wildman–Crippen MR) is 128 cm³/mol. The van der Waals surface area contributed by atoms with Gasteiger partial charge in [-0.2, -0.15) is 10.4 Å². The monoisotopic (exact) mass is 479 g/mol. The van der Waals surface area contributed by atoms with Gasteiger partial charge in [-0.15, -0.1) is 0 Å². The third-order valence-corrected chi connectivity index (χ3v) is 10.4. The number of pyridine rings is 2. The number of nitrogens with zero attached hydrogens (tertiary/aromatic N) is 5. The molecule has 2 aliphatic carbocycles. The number of aryl methyl sites for hydroxylation is 1. The molecule has 3 aliphatic rings. The first-order chi connectivity index (χ1) is 16.0. The van der Waals surface area contributed by atoms with E-state index in [1.165, 1.54) is 18.2 Å². The van der Waals surface area contributed by atoms with E-state index in [-0.39, 0.29) is 0 Å². The lowest BCUT2D eigenvalue weighted by Gasteiger charge is -2.53. The van der Waals surface area contributed by atoms with Gasteiger partial charge in [0.1, 0.15) is 11.1 Å². The Hall–Kier alpha value is -2.28. The Kier molecular flexibility index (Phi) is 5.28. The molecule has 4 heterocycles. The molecule has 3 aromatic heterocycles. The Morgan fingerprint density at radius 1 is 1.33 bits per heavy atom. The zero-order valence-electron chi connectivity index (χ0n) is 18.5. The number of rotatable bonds is 6. The van der Waals surface area contributed by atoms with E-state index in [0.717, 1.165) is 61.1 Å². The average Bonchev–Trinajstić information content (AvgIpc) is 3.07. The Balaban J connectivity index is 1.37. The predicted octanol–water partition coefficient (Wildman–Crippen LogP) is 4.15. The van der Waals surface area contributed by atoms with Crippen LogP contribution in [-0.2, 0) is 22.6 Å². The van der Waals surface area contributed by atoms with Crippen LogP contribution in [0.3, 0.4) is 0 Å². The summed E-state index contributed by atoms with van der Waals surface area (Å²) < 4.78 is 19.9. The average molecular weight is 480 g/mol. The van der Waals surface area contributed by atoms with E-state index in [1.807, 2.05) is 13.2 Å². The van der Waals surface area contributed by atoms with Crippen molar-refractivity contribution in [3.05, 3.63) is 35.7 Å². The Bertz CT molecular complexity index is 1300. The maximum absolute atomic E-state index is 12.7. The standard InChI is InChI=1S/C24H25N5O2S2/c1-29-11-16-5-15(10-26-22(16)28-29)21-6-19(17-7-24(8-17)12-31-13-24)20(9-25)23(27-21)32-14-33(30)18-3-2-4-18/h5-6,10-11,17-18H,2-4,7-8,12-14H2,1H3. The fourth-order valence-corrected chi connectivity index (χ4v) is 8.09. The zero-order chi connectivity index (χ0) is 22.6. The normalized spacial score (nSPS) is 20.7. The van der Waals surface area contributed by atoms with E-state index in [1.54, 1.807) is 10.9 Å². The summed E-state index contributed by atoms with van der Waals surface area (Å²) in [5, 5.41) is 16.9. The molecule has 1 aliphatic heterocycles. The summed E-state index contributed by atoms with van der Waals surface area (Å²) in [5.41, 5.74) is 4.42. The van der Waals surface area contributed by atoms with Crippen LogP contribution in [0.4, 0.5) is 0 Å². The Labute approximate surface area is 199 Å². The van der Waals surface area contributed by atoms with Crippen molar-refractivity contribution in [2.24, 2.45) is 12.5 Å². The third-order valence-electron chi connectivity index (χ3n) is 7.25. The molecule has 1 unspecified atom stereocenters. The molecular weight excluding hydrogens is 454 g/mol. The van der Waals surface area contributed by atoms with Gasteiger partial charge < -0.3 is 4.74 Å². The number of fused-ring (bicyclic) bond motifs is 1. The first-order valence-corrected chi connectivity index (χ1v) is 13.7. The van der Waals surface area contributed by atoms with Crippen LogP contribution in [-0.4, -0.2) is 47.5 Å². The summed E-state index contributed by atoms with van der Waals surface area (Å²) in [6.45, 7) is 1.65. The van der Waals surface area contributed by atoms with Gasteiger partial charge in [-0.3, -0.25) is 8.89 Å². The van der Waals surface area contributed by atoms with Crippen LogP contribution >= 0.6 is 11.8 Å². The van der Waals surface area contributed by atoms with Gasteiger partial charge >= 0.3 is 0 Å². The van der Waals surface area contributed by atoms with E-state index < -0.39 is 10.8 Å². The van der Waals surface area contributed by atoms with Crippen molar-refractivity contribution in [1.29, 1.82) is 5.26 Å². The highest BCUT2D eigenvalue weighted by Gasteiger charge is 2.50. The molecule has 1 saturated heterocycles. The van der Waals surface area contributed by atoms with Crippen molar-refractivity contribution < 1.29 is 8.95 Å². The minimum Gasteiger partial charge on any atom is -0.380 e. The molecule has 0 N–H and O–H groups in total. The Morgan fingerprint density at radius 2 is 2.15 bits per heavy atom. The summed E-state index contributed by atoms with van der Waals surface area (Å²) in [4.78, 5) is 9.40. The van der Waals surface area contributed by atoms with Crippen molar-refractivity contribution in [3.8, 4) is 17.3 Å². The lowest BCUT2D eigenvalue weighted by Crippen LogP contribution is -2.51. The number of aromatic nitrogens is 4. The molecule has 33 heavy (non-hydrogen) atoms. The summed E-state index contributed by atoms with van der Waals surface area (Å²) in [6.07, 6.45) is 9.09. The maximum Gasteiger partial charge on any atom is 0.181 e. The van der Waals surface area contributed by atoms with Gasteiger partial charge in [0.2, 0.25) is 0 Å². The molecule has 0 radical (unpaired) electrons. The molecule has 3 aromatic rings. The van der Waals surface area contributed by atoms with Gasteiger partial charge in [0.15, 0.2) is 5.65 Å². The highest BCUT2D eigenvalue weighted by molar-refractivity contribution is 8.10. The second-order valence-electron chi connectivity index (χ2n) is 9.62. The SMILES string of the molecule is Cn1cc2cc(-c3cc(C4CC5(COC5)C4)c(C#N)c(SCS(=O)C4CCC4)n3)cnc2n1. The van der Waals surface area contributed by atoms with Crippen LogP contribution in [0.15, 0.2) is 29.6 Å². The molecular formula is C24H25N5O2S2. The Morgan fingerprint density at radius 3 is 2.82 bits per heavy atom. The topological polar surface area (TPSA) is 93.7 Å². The number of thioether (sulfide) groups is 1. The van der Waals surface area contributed by atoms with Crippen molar-refractivity contribution in [2.75, 3.05) is 18.3 Å². The molecule has 0 aromatic carbocycles. The van der Waals surface area contributed by atoms with Crippen LogP contribution in [0.25, 0.3) is 22.3 Å². The van der Waals surface area contributed by atoms with Crippen LogP contribution in [0, 0.1) is 16.7 Å². The molecule has 0 amide bonds. The van der Waals surface area contributed by atoms with Crippen LogP contribution in [0.2, 0.25) is 0 Å². The van der Waals surface area contributed by atoms with Crippen LogP contribution in [0.5, 0.6) is 0 Å². The van der Waals surface area contributed by atoms with Gasteiger partial charge in [-0.05, 0) is 49.3 Å². The second kappa shape index (κ2) is 8.19. The third kappa shape index (κ3) is 3.78. The molecule has 6 rings (SSSR count). The van der Waals surface area contributed by atoms with Gasteiger partial charge in [-0.1, -0.05) is 18.2 Å². The zero-order valence-corrected chi connectivity index (χ0v) is 20.1. The first-order valence-electron chi connectivity index (χ1n) is 11.4. The first kappa shape index (κ1) is 21.3. The summed E-state index contributed by atoms with van der Waals surface area (Å²) in [6, 6.07) is 6.55. The van der Waals surface area contributed by atoms with Gasteiger partial charge in [0.05, 0.1) is 29.6 Å². The summed E-state index contributed by atoms with van der Waals surface area (Å²) >= 11 is 1.46. The van der Waals surface area contributed by atoms with Crippen LogP contribution < -0.4 is 0 Å². The number of nitriles is 1. The fraction of sp³-hybridized carbons (Fsp3) is 0.500. The number of hydrogen-bond acceptors (Lipinski definition) is 7. The lowest BCUT2D eigenvalue weighted by atomic mass is 9.58. The number of ether oxygens (including phenoxy) is 1. The highest BCUT2D eigenvalue weighted by atomic mass is 32.2.